The minimum atomic E-state index is -3.54. The van der Waals surface area contributed by atoms with Gasteiger partial charge in [0.15, 0.2) is 5.03 Å². The van der Waals surface area contributed by atoms with E-state index >= 15 is 0 Å². The molecule has 2 bridgehead atoms. The molecular weight excluding hydrogens is 312 g/mol. The second-order valence-electron chi connectivity index (χ2n) is 7.48. The third kappa shape index (κ3) is 2.94. The van der Waals surface area contributed by atoms with Crippen LogP contribution in [0, 0.1) is 11.8 Å². The van der Waals surface area contributed by atoms with Crippen LogP contribution in [0.15, 0.2) is 11.2 Å². The molecule has 0 spiro atoms. The number of aryl methyl sites for hydroxylation is 2. The van der Waals surface area contributed by atoms with E-state index in [9.17, 15) is 8.42 Å². The van der Waals surface area contributed by atoms with Gasteiger partial charge in [-0.25, -0.2) is 18.1 Å². The van der Waals surface area contributed by atoms with Gasteiger partial charge in [0.25, 0.3) is 10.0 Å². The monoisotopic (exact) mass is 338 g/mol. The molecule has 1 aromatic rings. The van der Waals surface area contributed by atoms with Crippen molar-refractivity contribution in [3.8, 4) is 0 Å². The number of rotatable bonds is 3. The van der Waals surface area contributed by atoms with E-state index < -0.39 is 10.0 Å². The molecule has 0 saturated heterocycles. The maximum absolute atomic E-state index is 12.8. The third-order valence-corrected chi connectivity index (χ3v) is 7.16. The van der Waals surface area contributed by atoms with Crippen LogP contribution in [0.25, 0.3) is 0 Å². The van der Waals surface area contributed by atoms with Gasteiger partial charge in [-0.15, -0.1) is 0 Å². The normalized spacial score (nSPS) is 34.1. The summed E-state index contributed by atoms with van der Waals surface area (Å²) < 4.78 is 30.6. The molecule has 2 atom stereocenters. The zero-order chi connectivity index (χ0) is 16.0. The molecule has 2 fully saturated rings. The standard InChI is InChI=1S/C16H26N4O2S/c17-13-8-11-4-3-5-12(9-13)16(11)19-23(21,22)15-10-20-7-2-1-6-14(20)18-15/h10-13,16,19H,1-9,17H2. The number of imidazole rings is 1. The van der Waals surface area contributed by atoms with Crippen molar-refractivity contribution < 1.29 is 8.42 Å². The molecule has 3 N–H and O–H groups in total. The molecule has 2 unspecified atom stereocenters. The Morgan fingerprint density at radius 1 is 1.17 bits per heavy atom. The average Bonchev–Trinajstić information content (AvgIpc) is 2.93. The van der Waals surface area contributed by atoms with E-state index in [0.29, 0.717) is 11.8 Å². The minimum absolute atomic E-state index is 0.0345. The largest absolute Gasteiger partial charge is 0.333 e. The van der Waals surface area contributed by atoms with Crippen molar-refractivity contribution in [3.63, 3.8) is 0 Å². The van der Waals surface area contributed by atoms with Gasteiger partial charge in [0.1, 0.15) is 5.82 Å². The fourth-order valence-corrected chi connectivity index (χ4v) is 6.09. The zero-order valence-corrected chi connectivity index (χ0v) is 14.3. The van der Waals surface area contributed by atoms with Crippen LogP contribution in [0.5, 0.6) is 0 Å². The summed E-state index contributed by atoms with van der Waals surface area (Å²) in [5, 5.41) is 0.197. The second kappa shape index (κ2) is 5.86. The summed E-state index contributed by atoms with van der Waals surface area (Å²) in [6.07, 6.45) is 10.00. The van der Waals surface area contributed by atoms with Crippen molar-refractivity contribution in [1.29, 1.82) is 0 Å². The number of fused-ring (bicyclic) bond motifs is 3. The van der Waals surface area contributed by atoms with Crippen molar-refractivity contribution in [3.05, 3.63) is 12.0 Å². The zero-order valence-electron chi connectivity index (χ0n) is 13.4. The van der Waals surface area contributed by atoms with Gasteiger partial charge in [0.05, 0.1) is 0 Å². The molecule has 2 heterocycles. The molecular formula is C16H26N4O2S. The molecule has 128 valence electrons. The van der Waals surface area contributed by atoms with Gasteiger partial charge < -0.3 is 10.3 Å². The molecule has 1 aromatic heterocycles. The van der Waals surface area contributed by atoms with Gasteiger partial charge in [-0.3, -0.25) is 0 Å². The van der Waals surface area contributed by atoms with Crippen LogP contribution in [0.4, 0.5) is 0 Å². The Kier molecular flexibility index (Phi) is 3.98. The van der Waals surface area contributed by atoms with Crippen molar-refractivity contribution in [1.82, 2.24) is 14.3 Å². The van der Waals surface area contributed by atoms with E-state index in [1.165, 1.54) is 6.42 Å². The first-order valence-corrected chi connectivity index (χ1v) is 10.4. The van der Waals surface area contributed by atoms with E-state index in [-0.39, 0.29) is 17.1 Å². The van der Waals surface area contributed by atoms with Crippen LogP contribution >= 0.6 is 0 Å². The maximum Gasteiger partial charge on any atom is 0.259 e. The number of hydrogen-bond donors (Lipinski definition) is 2. The van der Waals surface area contributed by atoms with Gasteiger partial charge in [0.2, 0.25) is 0 Å². The topological polar surface area (TPSA) is 90.0 Å². The predicted octanol–water partition coefficient (Wildman–Crippen LogP) is 1.40. The van der Waals surface area contributed by atoms with Crippen molar-refractivity contribution in [2.75, 3.05) is 0 Å². The van der Waals surface area contributed by atoms with Crippen molar-refractivity contribution >= 4 is 10.0 Å². The molecule has 0 aromatic carbocycles. The smallest absolute Gasteiger partial charge is 0.259 e. The van der Waals surface area contributed by atoms with E-state index in [1.54, 1.807) is 6.20 Å². The van der Waals surface area contributed by atoms with Gasteiger partial charge in [-0.1, -0.05) is 6.42 Å². The van der Waals surface area contributed by atoms with Gasteiger partial charge >= 0.3 is 0 Å². The molecule has 2 aliphatic carbocycles. The lowest BCUT2D eigenvalue weighted by molar-refractivity contribution is 0.125. The van der Waals surface area contributed by atoms with E-state index in [1.807, 2.05) is 4.57 Å². The molecule has 4 rings (SSSR count). The number of nitrogens with zero attached hydrogens (tertiary/aromatic N) is 2. The van der Waals surface area contributed by atoms with Crippen LogP contribution in [0.1, 0.15) is 50.8 Å². The number of aromatic nitrogens is 2. The third-order valence-electron chi connectivity index (χ3n) is 5.83. The first-order chi connectivity index (χ1) is 11.0. The van der Waals surface area contributed by atoms with E-state index in [4.69, 9.17) is 5.73 Å². The lowest BCUT2D eigenvalue weighted by atomic mass is 9.67. The van der Waals surface area contributed by atoms with Crippen LogP contribution in [-0.2, 0) is 23.0 Å². The fraction of sp³-hybridized carbons (Fsp3) is 0.812. The summed E-state index contributed by atoms with van der Waals surface area (Å²) in [4.78, 5) is 4.38. The number of nitrogens with two attached hydrogens (primary N) is 1. The van der Waals surface area contributed by atoms with Crippen molar-refractivity contribution in [2.24, 2.45) is 17.6 Å². The molecule has 0 radical (unpaired) electrons. The summed E-state index contributed by atoms with van der Waals surface area (Å²) in [5.74, 6) is 1.66. The Morgan fingerprint density at radius 2 is 1.91 bits per heavy atom. The van der Waals surface area contributed by atoms with E-state index in [0.717, 1.165) is 57.3 Å². The number of nitrogens with one attached hydrogen (secondary N) is 1. The predicted molar refractivity (Wildman–Crippen MR) is 87.3 cm³/mol. The lowest BCUT2D eigenvalue weighted by Gasteiger charge is -2.44. The fourth-order valence-electron chi connectivity index (χ4n) is 4.74. The molecule has 2 saturated carbocycles. The summed E-state index contributed by atoms with van der Waals surface area (Å²) in [6, 6.07) is 0.262. The molecule has 23 heavy (non-hydrogen) atoms. The Balaban J connectivity index is 1.56. The minimum Gasteiger partial charge on any atom is -0.333 e. The summed E-state index contributed by atoms with van der Waals surface area (Å²) in [5.41, 5.74) is 6.14. The molecule has 7 heteroatoms. The summed E-state index contributed by atoms with van der Waals surface area (Å²) in [7, 11) is -3.54. The van der Waals surface area contributed by atoms with Crippen LogP contribution in [-0.4, -0.2) is 30.1 Å². The molecule has 0 amide bonds. The lowest BCUT2D eigenvalue weighted by Crippen LogP contribution is -2.53. The average molecular weight is 338 g/mol. The summed E-state index contributed by atoms with van der Waals surface area (Å²) in [6.45, 7) is 0.876. The van der Waals surface area contributed by atoms with Gasteiger partial charge in [-0.05, 0) is 50.4 Å². The highest BCUT2D eigenvalue weighted by atomic mass is 32.2. The quantitative estimate of drug-likeness (QED) is 0.872. The highest BCUT2D eigenvalue weighted by Crippen LogP contribution is 2.40. The molecule has 3 aliphatic rings. The Hall–Kier alpha value is -0.920. The second-order valence-corrected chi connectivity index (χ2v) is 9.14. The van der Waals surface area contributed by atoms with Crippen LogP contribution in [0.3, 0.4) is 0 Å². The Morgan fingerprint density at radius 3 is 2.61 bits per heavy atom. The van der Waals surface area contributed by atoms with E-state index in [2.05, 4.69) is 9.71 Å². The Bertz CT molecular complexity index is 647. The SMILES string of the molecule is NC1CC2CCCC(C1)C2NS(=O)(=O)c1cn2c(n1)CCCC2. The highest BCUT2D eigenvalue weighted by molar-refractivity contribution is 7.89. The Labute approximate surface area is 137 Å². The first kappa shape index (κ1) is 15.6. The maximum atomic E-state index is 12.8. The number of hydrogen-bond acceptors (Lipinski definition) is 4. The molecule has 1 aliphatic heterocycles. The first-order valence-electron chi connectivity index (χ1n) is 8.87. The van der Waals surface area contributed by atoms with Crippen LogP contribution in [0.2, 0.25) is 0 Å². The van der Waals surface area contributed by atoms with Crippen LogP contribution < -0.4 is 10.5 Å². The van der Waals surface area contributed by atoms with Crippen molar-refractivity contribution in [2.45, 2.75) is 75.0 Å². The number of sulfonamides is 1. The summed E-state index contributed by atoms with van der Waals surface area (Å²) >= 11 is 0. The van der Waals surface area contributed by atoms with Gasteiger partial charge in [-0.2, -0.15) is 0 Å². The highest BCUT2D eigenvalue weighted by Gasteiger charge is 2.41. The van der Waals surface area contributed by atoms with Gasteiger partial charge in [0, 0.05) is 31.2 Å². The molecule has 6 nitrogen and oxygen atoms in total.